The average Bonchev–Trinajstić information content (AvgIpc) is 2.34. The second kappa shape index (κ2) is 6.49. The molecule has 0 amide bonds. The van der Waals surface area contributed by atoms with Gasteiger partial charge < -0.3 is 5.11 Å². The van der Waals surface area contributed by atoms with Crippen LogP contribution in [0, 0.1) is 4.91 Å². The number of hydrogen-bond acceptors (Lipinski definition) is 3. The van der Waals surface area contributed by atoms with E-state index in [0.29, 0.717) is 24.8 Å². The average molecular weight is 261 g/mol. The van der Waals surface area contributed by atoms with Crippen LogP contribution < -0.4 is 0 Å². The predicted molar refractivity (Wildman–Crippen MR) is 60.9 cm³/mol. The summed E-state index contributed by atoms with van der Waals surface area (Å²) in [7, 11) is 0. The Morgan fingerprint density at radius 1 is 1.17 bits per heavy atom. The van der Waals surface area contributed by atoms with Crippen molar-refractivity contribution < 1.29 is 18.3 Å². The van der Waals surface area contributed by atoms with Gasteiger partial charge in [-0.15, -0.1) is 0 Å². The summed E-state index contributed by atoms with van der Waals surface area (Å²) in [6.45, 7) is 0.0264. The van der Waals surface area contributed by atoms with E-state index in [1.165, 1.54) is 12.1 Å². The van der Waals surface area contributed by atoms with E-state index in [4.69, 9.17) is 5.11 Å². The Morgan fingerprint density at radius 2 is 1.78 bits per heavy atom. The fraction of sp³-hybridized carbons (Fsp3) is 0.500. The lowest BCUT2D eigenvalue weighted by Crippen LogP contribution is -2.05. The molecule has 0 bridgehead atoms. The quantitative estimate of drug-likeness (QED) is 0.627. The van der Waals surface area contributed by atoms with Crippen LogP contribution in [-0.2, 0) is 6.18 Å². The van der Waals surface area contributed by atoms with Gasteiger partial charge in [-0.05, 0) is 37.0 Å². The molecule has 6 heteroatoms. The summed E-state index contributed by atoms with van der Waals surface area (Å²) in [5.74, 6) is 0. The second-order valence-electron chi connectivity index (χ2n) is 3.96. The van der Waals surface area contributed by atoms with Crippen LogP contribution in [0.3, 0.4) is 0 Å². The lowest BCUT2D eigenvalue weighted by Gasteiger charge is -2.11. The molecule has 1 rings (SSSR count). The Balaban J connectivity index is 2.73. The molecule has 1 aromatic rings. The lowest BCUT2D eigenvalue weighted by atomic mass is 10.0. The molecule has 0 aliphatic heterocycles. The van der Waals surface area contributed by atoms with Crippen LogP contribution in [0.25, 0.3) is 0 Å². The van der Waals surface area contributed by atoms with Crippen molar-refractivity contribution in [3.8, 4) is 0 Å². The molecule has 0 saturated heterocycles. The van der Waals surface area contributed by atoms with Crippen LogP contribution >= 0.6 is 0 Å². The molecule has 1 atom stereocenters. The third-order valence-corrected chi connectivity index (χ3v) is 2.64. The predicted octanol–water partition coefficient (Wildman–Crippen LogP) is 3.68. The molecule has 18 heavy (non-hydrogen) atoms. The van der Waals surface area contributed by atoms with Crippen LogP contribution in [0.5, 0.6) is 0 Å². The first-order valence-electron chi connectivity index (χ1n) is 5.59. The molecule has 100 valence electrons. The lowest BCUT2D eigenvalue weighted by molar-refractivity contribution is -0.137. The van der Waals surface area contributed by atoms with Crippen molar-refractivity contribution in [2.45, 2.75) is 31.5 Å². The van der Waals surface area contributed by atoms with E-state index in [1.54, 1.807) is 0 Å². The summed E-state index contributed by atoms with van der Waals surface area (Å²) in [5.41, 5.74) is -0.276. The summed E-state index contributed by atoms with van der Waals surface area (Å²) in [6.07, 6.45) is -2.80. The van der Waals surface area contributed by atoms with E-state index in [0.717, 1.165) is 12.1 Å². The summed E-state index contributed by atoms with van der Waals surface area (Å²) in [4.78, 5) is 10.6. The topological polar surface area (TPSA) is 49.7 Å². The first kappa shape index (κ1) is 14.6. The Kier molecular flexibility index (Phi) is 5.27. The highest BCUT2D eigenvalue weighted by Gasteiger charge is 2.30. The van der Waals surface area contributed by atoms with Gasteiger partial charge in [0.05, 0.1) is 5.56 Å². The summed E-state index contributed by atoms with van der Waals surface area (Å²) in [6, 6.07) is 3.78. The molecule has 0 aromatic heterocycles. The van der Waals surface area contributed by atoms with Gasteiger partial charge in [0.1, 0.15) is 6.04 Å². The molecule has 1 aromatic carbocycles. The summed E-state index contributed by atoms with van der Waals surface area (Å²) in [5, 5.41) is 11.5. The number of benzene rings is 1. The summed E-state index contributed by atoms with van der Waals surface area (Å²) < 4.78 is 37.0. The molecule has 1 unspecified atom stereocenters. The van der Waals surface area contributed by atoms with E-state index in [9.17, 15) is 18.1 Å². The van der Waals surface area contributed by atoms with Crippen molar-refractivity contribution in [2.24, 2.45) is 5.18 Å². The van der Waals surface area contributed by atoms with Crippen LogP contribution in [0.4, 0.5) is 13.2 Å². The van der Waals surface area contributed by atoms with Crippen molar-refractivity contribution in [2.75, 3.05) is 6.61 Å². The van der Waals surface area contributed by atoms with Crippen molar-refractivity contribution in [1.82, 2.24) is 0 Å². The Hall–Kier alpha value is -1.43. The third-order valence-electron chi connectivity index (χ3n) is 2.64. The number of aliphatic hydroxyl groups is 1. The summed E-state index contributed by atoms with van der Waals surface area (Å²) >= 11 is 0. The number of alkyl halides is 3. The zero-order valence-electron chi connectivity index (χ0n) is 9.65. The Bertz CT molecular complexity index is 376. The molecule has 0 heterocycles. The van der Waals surface area contributed by atoms with Crippen LogP contribution in [0.15, 0.2) is 29.4 Å². The highest BCUT2D eigenvalue weighted by Crippen LogP contribution is 2.31. The standard InChI is InChI=1S/C12H14F3NO2/c13-12(14,15)10-6-4-9(5-7-10)11(16-18)3-1-2-8-17/h4-7,11,17H,1-3,8H2. The molecule has 0 spiro atoms. The number of rotatable bonds is 6. The zero-order valence-corrected chi connectivity index (χ0v) is 9.65. The van der Waals surface area contributed by atoms with Crippen molar-refractivity contribution in [3.63, 3.8) is 0 Å². The maximum Gasteiger partial charge on any atom is 0.416 e. The number of unbranched alkanes of at least 4 members (excludes halogenated alkanes) is 1. The zero-order chi connectivity index (χ0) is 13.6. The van der Waals surface area contributed by atoms with Crippen molar-refractivity contribution in [1.29, 1.82) is 0 Å². The van der Waals surface area contributed by atoms with Crippen LogP contribution in [0.1, 0.15) is 36.4 Å². The van der Waals surface area contributed by atoms with Gasteiger partial charge in [0.25, 0.3) is 0 Å². The molecule has 3 nitrogen and oxygen atoms in total. The first-order chi connectivity index (χ1) is 8.49. The fourth-order valence-electron chi connectivity index (χ4n) is 1.62. The van der Waals surface area contributed by atoms with Gasteiger partial charge in [0, 0.05) is 6.61 Å². The number of hydrogen-bond donors (Lipinski definition) is 1. The van der Waals surface area contributed by atoms with Crippen LogP contribution in [-0.4, -0.2) is 11.7 Å². The molecule has 1 N–H and O–H groups in total. The fourth-order valence-corrected chi connectivity index (χ4v) is 1.62. The number of halogens is 3. The van der Waals surface area contributed by atoms with Gasteiger partial charge in [-0.1, -0.05) is 17.3 Å². The number of nitroso groups, excluding NO2 is 1. The monoisotopic (exact) mass is 261 g/mol. The van der Waals surface area contributed by atoms with Gasteiger partial charge in [0.2, 0.25) is 0 Å². The van der Waals surface area contributed by atoms with E-state index < -0.39 is 17.8 Å². The van der Waals surface area contributed by atoms with Crippen molar-refractivity contribution in [3.05, 3.63) is 40.3 Å². The minimum Gasteiger partial charge on any atom is -0.396 e. The van der Waals surface area contributed by atoms with Crippen molar-refractivity contribution >= 4 is 0 Å². The first-order valence-corrected chi connectivity index (χ1v) is 5.59. The number of aliphatic hydroxyl groups excluding tert-OH is 1. The second-order valence-corrected chi connectivity index (χ2v) is 3.96. The van der Waals surface area contributed by atoms with E-state index >= 15 is 0 Å². The van der Waals surface area contributed by atoms with Gasteiger partial charge in [0.15, 0.2) is 0 Å². The van der Waals surface area contributed by atoms with Gasteiger partial charge >= 0.3 is 6.18 Å². The highest BCUT2D eigenvalue weighted by atomic mass is 19.4. The maximum atomic E-state index is 12.3. The van der Waals surface area contributed by atoms with E-state index in [2.05, 4.69) is 5.18 Å². The van der Waals surface area contributed by atoms with E-state index in [-0.39, 0.29) is 6.61 Å². The molecular formula is C12H14F3NO2. The Labute approximate surface area is 103 Å². The molecule has 0 aliphatic rings. The maximum absolute atomic E-state index is 12.3. The highest BCUT2D eigenvalue weighted by molar-refractivity contribution is 5.26. The van der Waals surface area contributed by atoms with Gasteiger partial charge in [-0.25, -0.2) is 0 Å². The SMILES string of the molecule is O=NC(CCCCO)c1ccc(C(F)(F)F)cc1. The minimum absolute atomic E-state index is 0.0264. The minimum atomic E-state index is -4.38. The van der Waals surface area contributed by atoms with Gasteiger partial charge in [-0.2, -0.15) is 18.1 Å². The third kappa shape index (κ3) is 4.10. The van der Waals surface area contributed by atoms with Gasteiger partial charge in [-0.3, -0.25) is 0 Å². The molecule has 0 saturated carbocycles. The molecule has 0 fully saturated rings. The largest absolute Gasteiger partial charge is 0.416 e. The molecule has 0 radical (unpaired) electrons. The Morgan fingerprint density at radius 3 is 2.22 bits per heavy atom. The normalized spacial score (nSPS) is 13.3. The molecule has 0 aliphatic carbocycles. The smallest absolute Gasteiger partial charge is 0.396 e. The van der Waals surface area contributed by atoms with Crippen LogP contribution in [0.2, 0.25) is 0 Å². The van der Waals surface area contributed by atoms with E-state index in [1.807, 2.05) is 0 Å². The molecular weight excluding hydrogens is 247 g/mol. The number of nitrogens with zero attached hydrogens (tertiary/aromatic N) is 1.